The molecule has 1 fully saturated rings. The Morgan fingerprint density at radius 3 is 2.07 bits per heavy atom. The van der Waals surface area contributed by atoms with Crippen LogP contribution in [0.4, 0.5) is 5.82 Å². The van der Waals surface area contributed by atoms with Crippen molar-refractivity contribution in [3.05, 3.63) is 26.4 Å². The number of hydrogen-bond donors (Lipinski definition) is 1. The second-order valence-corrected chi connectivity index (χ2v) is 8.96. The maximum Gasteiger partial charge on any atom is 0.332 e. The SMILES string of the molecule is CCN(CC)S(=O)(=O)N1CCN(C(C)C(=O)c2c(N)n(C)c(=O)n(C)c2=O)CC1. The number of carbonyl (C=O) groups is 1. The molecule has 1 saturated heterocycles. The Balaban J connectivity index is 2.21. The minimum absolute atomic E-state index is 0.169. The van der Waals surface area contributed by atoms with E-state index in [1.54, 1.807) is 20.8 Å². The summed E-state index contributed by atoms with van der Waals surface area (Å²) in [5, 5.41) is 0. The molecule has 29 heavy (non-hydrogen) atoms. The topological polar surface area (TPSA) is 131 Å². The Bertz CT molecular complexity index is 987. The number of carbonyl (C=O) groups excluding carboxylic acids is 1. The van der Waals surface area contributed by atoms with Crippen molar-refractivity contribution in [2.75, 3.05) is 45.0 Å². The first-order valence-corrected chi connectivity index (χ1v) is 11.0. The molecule has 12 heteroatoms. The van der Waals surface area contributed by atoms with Crippen LogP contribution in [-0.2, 0) is 24.3 Å². The van der Waals surface area contributed by atoms with Gasteiger partial charge < -0.3 is 5.73 Å². The van der Waals surface area contributed by atoms with Gasteiger partial charge >= 0.3 is 5.69 Å². The second-order valence-electron chi connectivity index (χ2n) is 7.03. The quantitative estimate of drug-likeness (QED) is 0.518. The average molecular weight is 431 g/mol. The number of anilines is 1. The molecule has 0 saturated carbocycles. The Labute approximate surface area is 170 Å². The van der Waals surface area contributed by atoms with Gasteiger partial charge in [-0.1, -0.05) is 13.8 Å². The minimum atomic E-state index is -3.53. The summed E-state index contributed by atoms with van der Waals surface area (Å²) in [6.07, 6.45) is 0. The van der Waals surface area contributed by atoms with Crippen molar-refractivity contribution in [3.8, 4) is 0 Å². The van der Waals surface area contributed by atoms with Crippen molar-refractivity contribution in [3.63, 3.8) is 0 Å². The van der Waals surface area contributed by atoms with E-state index in [4.69, 9.17) is 5.73 Å². The zero-order valence-corrected chi connectivity index (χ0v) is 18.4. The van der Waals surface area contributed by atoms with Gasteiger partial charge in [-0.15, -0.1) is 0 Å². The first-order valence-electron chi connectivity index (χ1n) is 9.57. The number of Topliss-reactive ketones (excluding diaryl/α,β-unsaturated/α-hetero) is 1. The van der Waals surface area contributed by atoms with Gasteiger partial charge in [0.05, 0.1) is 6.04 Å². The van der Waals surface area contributed by atoms with E-state index in [-0.39, 0.29) is 24.5 Å². The van der Waals surface area contributed by atoms with Crippen LogP contribution in [0.2, 0.25) is 0 Å². The molecule has 2 heterocycles. The number of nitrogens with zero attached hydrogens (tertiary/aromatic N) is 5. The van der Waals surface area contributed by atoms with Crippen LogP contribution in [-0.4, -0.2) is 82.2 Å². The largest absolute Gasteiger partial charge is 0.384 e. The van der Waals surface area contributed by atoms with Crippen molar-refractivity contribution in [2.24, 2.45) is 14.1 Å². The highest BCUT2D eigenvalue weighted by atomic mass is 32.2. The zero-order valence-electron chi connectivity index (χ0n) is 17.6. The smallest absolute Gasteiger partial charge is 0.332 e. The molecule has 0 radical (unpaired) electrons. The summed E-state index contributed by atoms with van der Waals surface area (Å²) in [4.78, 5) is 39.2. The molecule has 0 aromatic carbocycles. The number of nitrogens with two attached hydrogens (primary N) is 1. The van der Waals surface area contributed by atoms with E-state index < -0.39 is 33.3 Å². The molecule has 1 aromatic rings. The van der Waals surface area contributed by atoms with Crippen molar-refractivity contribution >= 4 is 21.8 Å². The molecule has 164 valence electrons. The molecule has 0 spiro atoms. The predicted octanol–water partition coefficient (Wildman–Crippen LogP) is -1.56. The van der Waals surface area contributed by atoms with Crippen LogP contribution in [0, 0.1) is 0 Å². The Morgan fingerprint density at radius 2 is 1.59 bits per heavy atom. The van der Waals surface area contributed by atoms with Gasteiger partial charge in [-0.05, 0) is 6.92 Å². The standard InChI is InChI=1S/C17H30N6O5S/c1-6-22(7-2)29(27,28)23-10-8-21(9-11-23)12(3)14(24)13-15(18)19(4)17(26)20(5)16(13)25/h12H,6-11,18H2,1-5H3. The van der Waals surface area contributed by atoms with Crippen molar-refractivity contribution < 1.29 is 13.2 Å². The molecule has 0 bridgehead atoms. The summed E-state index contributed by atoms with van der Waals surface area (Å²) in [6.45, 7) is 7.20. The predicted molar refractivity (Wildman–Crippen MR) is 110 cm³/mol. The lowest BCUT2D eigenvalue weighted by molar-refractivity contribution is 0.0776. The first-order chi connectivity index (χ1) is 13.5. The number of aromatic nitrogens is 2. The number of hydrogen-bond acceptors (Lipinski definition) is 7. The average Bonchev–Trinajstić information content (AvgIpc) is 2.71. The van der Waals surface area contributed by atoms with Crippen LogP contribution in [0.3, 0.4) is 0 Å². The fourth-order valence-electron chi connectivity index (χ4n) is 3.50. The molecule has 0 aliphatic carbocycles. The molecule has 0 amide bonds. The summed E-state index contributed by atoms with van der Waals surface area (Å²) < 4.78 is 30.0. The van der Waals surface area contributed by atoms with Crippen molar-refractivity contribution in [1.29, 1.82) is 0 Å². The van der Waals surface area contributed by atoms with Gasteiger partial charge in [-0.3, -0.25) is 23.6 Å². The highest BCUT2D eigenvalue weighted by Gasteiger charge is 2.35. The fraction of sp³-hybridized carbons (Fsp3) is 0.706. The van der Waals surface area contributed by atoms with Crippen LogP contribution in [0.1, 0.15) is 31.1 Å². The molecule has 11 nitrogen and oxygen atoms in total. The third-order valence-electron chi connectivity index (χ3n) is 5.51. The number of ketones is 1. The van der Waals surface area contributed by atoms with E-state index in [2.05, 4.69) is 0 Å². The maximum atomic E-state index is 13.0. The lowest BCUT2D eigenvalue weighted by atomic mass is 10.1. The van der Waals surface area contributed by atoms with Gasteiger partial charge in [0.25, 0.3) is 15.8 Å². The highest BCUT2D eigenvalue weighted by Crippen LogP contribution is 2.16. The summed E-state index contributed by atoms with van der Waals surface area (Å²) in [7, 11) is -0.839. The number of piperazine rings is 1. The van der Waals surface area contributed by atoms with Crippen molar-refractivity contribution in [2.45, 2.75) is 26.8 Å². The van der Waals surface area contributed by atoms with Gasteiger partial charge in [-0.2, -0.15) is 17.0 Å². The Morgan fingerprint density at radius 1 is 1.07 bits per heavy atom. The monoisotopic (exact) mass is 430 g/mol. The van der Waals surface area contributed by atoms with E-state index in [9.17, 15) is 22.8 Å². The number of rotatable bonds is 7. The van der Waals surface area contributed by atoms with Gasteiger partial charge in [0.2, 0.25) is 0 Å². The molecule has 1 aliphatic rings. The molecule has 2 rings (SSSR count). The Hall–Kier alpha value is -2.02. The molecule has 1 atom stereocenters. The minimum Gasteiger partial charge on any atom is -0.384 e. The van der Waals surface area contributed by atoms with E-state index in [0.717, 1.165) is 9.13 Å². The van der Waals surface area contributed by atoms with Crippen molar-refractivity contribution in [1.82, 2.24) is 22.6 Å². The first kappa shape index (κ1) is 23.3. The lowest BCUT2D eigenvalue weighted by Gasteiger charge is -2.38. The third-order valence-corrected chi connectivity index (χ3v) is 7.70. The summed E-state index contributed by atoms with van der Waals surface area (Å²) in [6, 6.07) is -0.680. The summed E-state index contributed by atoms with van der Waals surface area (Å²) in [5.74, 6) is -0.656. The van der Waals surface area contributed by atoms with Crippen LogP contribution in [0.15, 0.2) is 9.59 Å². The highest BCUT2D eigenvalue weighted by molar-refractivity contribution is 7.86. The number of nitrogen functional groups attached to an aromatic ring is 1. The molecule has 1 aliphatic heterocycles. The van der Waals surface area contributed by atoms with E-state index in [0.29, 0.717) is 26.2 Å². The van der Waals surface area contributed by atoms with Crippen LogP contribution < -0.4 is 17.0 Å². The second kappa shape index (κ2) is 8.78. The summed E-state index contributed by atoms with van der Waals surface area (Å²) >= 11 is 0. The Kier molecular flexibility index (Phi) is 7.04. The molecule has 1 aromatic heterocycles. The normalized spacial score (nSPS) is 17.6. The lowest BCUT2D eigenvalue weighted by Crippen LogP contribution is -2.56. The molecule has 2 N–H and O–H groups in total. The van der Waals surface area contributed by atoms with Gasteiger partial charge in [0.15, 0.2) is 5.78 Å². The summed E-state index contributed by atoms with van der Waals surface area (Å²) in [5.41, 5.74) is 4.32. The molecular formula is C17H30N6O5S. The fourth-order valence-corrected chi connectivity index (χ4v) is 5.10. The third kappa shape index (κ3) is 4.15. The van der Waals surface area contributed by atoms with E-state index >= 15 is 0 Å². The maximum absolute atomic E-state index is 13.0. The molecule has 1 unspecified atom stereocenters. The van der Waals surface area contributed by atoms with Gasteiger partial charge in [-0.25, -0.2) is 4.79 Å². The molecular weight excluding hydrogens is 400 g/mol. The van der Waals surface area contributed by atoms with E-state index in [1.807, 2.05) is 4.90 Å². The van der Waals surface area contributed by atoms with Crippen LogP contribution in [0.25, 0.3) is 0 Å². The zero-order chi connectivity index (χ0) is 22.1. The van der Waals surface area contributed by atoms with Gasteiger partial charge in [0, 0.05) is 53.4 Å². The van der Waals surface area contributed by atoms with Crippen LogP contribution in [0.5, 0.6) is 0 Å². The van der Waals surface area contributed by atoms with Crippen LogP contribution >= 0.6 is 0 Å². The van der Waals surface area contributed by atoms with Gasteiger partial charge in [0.1, 0.15) is 11.4 Å². The van der Waals surface area contributed by atoms with E-state index in [1.165, 1.54) is 22.7 Å².